The quantitative estimate of drug-likeness (QED) is 0.0915. The molecule has 0 saturated heterocycles. The van der Waals surface area contributed by atoms with Gasteiger partial charge >= 0.3 is 0 Å². The largest absolute Gasteiger partial charge is 0.508 e. The molecule has 0 amide bonds. The third kappa shape index (κ3) is 6.49. The zero-order valence-corrected chi connectivity index (χ0v) is 31.4. The fourth-order valence-electron chi connectivity index (χ4n) is 8.98. The molecular weight excluding hydrogens is 661 g/mol. The van der Waals surface area contributed by atoms with Crippen molar-refractivity contribution in [2.75, 3.05) is 6.61 Å². The van der Waals surface area contributed by atoms with Crippen molar-refractivity contribution in [2.24, 2.45) is 0 Å². The lowest BCUT2D eigenvalue weighted by Gasteiger charge is -2.35. The van der Waals surface area contributed by atoms with Crippen molar-refractivity contribution in [2.45, 2.75) is 90.9 Å². The molecule has 0 saturated carbocycles. The highest BCUT2D eigenvalue weighted by molar-refractivity contribution is 5.93. The Hall–Kier alpha value is -5.36. The summed E-state index contributed by atoms with van der Waals surface area (Å²) in [6.45, 7) is 10.9. The molecule has 1 heterocycles. The Morgan fingerprint density at radius 3 is 2.00 bits per heavy atom. The number of hydrogen-bond donors (Lipinski definition) is 5. The maximum atomic E-state index is 11.5. The predicted octanol–water partition coefficient (Wildman–Crippen LogP) is 10.9. The average Bonchev–Trinajstić information content (AvgIpc) is 3.55. The highest BCUT2D eigenvalue weighted by atomic mass is 16.5. The second-order valence-electron chi connectivity index (χ2n) is 15.2. The molecule has 0 aliphatic carbocycles. The summed E-state index contributed by atoms with van der Waals surface area (Å²) in [6, 6.07) is 24.7. The molecule has 53 heavy (non-hydrogen) atoms. The van der Waals surface area contributed by atoms with E-state index in [1.807, 2.05) is 62.4 Å². The summed E-state index contributed by atoms with van der Waals surface area (Å²) < 4.78 is 6.04. The van der Waals surface area contributed by atoms with E-state index < -0.39 is 5.41 Å². The molecule has 6 aromatic carbocycles. The molecule has 0 bridgehead atoms. The van der Waals surface area contributed by atoms with Crippen LogP contribution in [0, 0.1) is 13.8 Å². The lowest BCUT2D eigenvalue weighted by Crippen LogP contribution is -2.28. The second kappa shape index (κ2) is 14.2. The van der Waals surface area contributed by atoms with Crippen LogP contribution in [0.1, 0.15) is 102 Å². The summed E-state index contributed by atoms with van der Waals surface area (Å²) in [7, 11) is 0. The Morgan fingerprint density at radius 1 is 0.660 bits per heavy atom. The van der Waals surface area contributed by atoms with Gasteiger partial charge in [0.2, 0.25) is 0 Å². The van der Waals surface area contributed by atoms with Gasteiger partial charge in [0, 0.05) is 34.4 Å². The van der Waals surface area contributed by atoms with Crippen molar-refractivity contribution in [1.82, 2.24) is 0 Å². The maximum absolute atomic E-state index is 11.5. The Bertz CT molecular complexity index is 2350. The van der Waals surface area contributed by atoms with Crippen LogP contribution < -0.4 is 4.74 Å². The van der Waals surface area contributed by atoms with Crippen LogP contribution in [0.25, 0.3) is 21.5 Å². The van der Waals surface area contributed by atoms with Gasteiger partial charge in [-0.2, -0.15) is 0 Å². The molecule has 6 heteroatoms. The van der Waals surface area contributed by atoms with E-state index >= 15 is 0 Å². The summed E-state index contributed by atoms with van der Waals surface area (Å²) >= 11 is 0. The standard InChI is InChI=1S/C47H50O6/c1-6-9-32-26-53-42-17-14-37-38(43(32)42)13-16-40(49)39(37)24-33-21-29(18-27(4)45(33)51)20-30-19-28(5)46(52)34(22-30)25-47(7-2,8-3)44-36-12-11-35(48)23-31(36)10-15-41(44)50/h10-19,21-23,32,48-52H,6-9,20,24-26H2,1-5H3. The minimum Gasteiger partial charge on any atom is -0.508 e. The van der Waals surface area contributed by atoms with E-state index in [9.17, 15) is 25.5 Å². The maximum Gasteiger partial charge on any atom is 0.123 e. The number of phenolic OH excluding ortho intramolecular Hbond substituents is 5. The molecule has 1 unspecified atom stereocenters. The second-order valence-corrected chi connectivity index (χ2v) is 15.2. The zero-order valence-electron chi connectivity index (χ0n) is 31.4. The van der Waals surface area contributed by atoms with Gasteiger partial charge in [0.1, 0.15) is 34.5 Å². The van der Waals surface area contributed by atoms with Crippen LogP contribution in [0.3, 0.4) is 0 Å². The highest BCUT2D eigenvalue weighted by Gasteiger charge is 2.34. The van der Waals surface area contributed by atoms with Crippen LogP contribution in [-0.4, -0.2) is 32.1 Å². The van der Waals surface area contributed by atoms with E-state index in [2.05, 4.69) is 26.8 Å². The van der Waals surface area contributed by atoms with Crippen molar-refractivity contribution < 1.29 is 30.3 Å². The molecule has 0 fully saturated rings. The van der Waals surface area contributed by atoms with Gasteiger partial charge < -0.3 is 30.3 Å². The third-order valence-electron chi connectivity index (χ3n) is 11.8. The van der Waals surface area contributed by atoms with Crippen molar-refractivity contribution in [1.29, 1.82) is 0 Å². The van der Waals surface area contributed by atoms with Crippen molar-refractivity contribution >= 4 is 21.5 Å². The lowest BCUT2D eigenvalue weighted by atomic mass is 9.69. The predicted molar refractivity (Wildman–Crippen MR) is 213 cm³/mol. The minimum atomic E-state index is -0.478. The lowest BCUT2D eigenvalue weighted by molar-refractivity contribution is 0.324. The topological polar surface area (TPSA) is 110 Å². The van der Waals surface area contributed by atoms with Gasteiger partial charge in [-0.3, -0.25) is 0 Å². The fourth-order valence-corrected chi connectivity index (χ4v) is 8.98. The van der Waals surface area contributed by atoms with Crippen LogP contribution >= 0.6 is 0 Å². The first kappa shape index (κ1) is 36.0. The van der Waals surface area contributed by atoms with E-state index in [-0.39, 0.29) is 28.7 Å². The normalized spacial score (nSPS) is 14.2. The molecule has 0 aromatic heterocycles. The van der Waals surface area contributed by atoms with Crippen LogP contribution in [0.4, 0.5) is 0 Å². The first-order chi connectivity index (χ1) is 25.5. The highest BCUT2D eigenvalue weighted by Crippen LogP contribution is 2.47. The number of fused-ring (bicyclic) bond motifs is 4. The van der Waals surface area contributed by atoms with Gasteiger partial charge in [0.25, 0.3) is 0 Å². The Labute approximate surface area is 312 Å². The van der Waals surface area contributed by atoms with Gasteiger partial charge in [-0.1, -0.05) is 75.7 Å². The summed E-state index contributed by atoms with van der Waals surface area (Å²) in [5.41, 5.74) is 7.50. The number of rotatable bonds is 11. The van der Waals surface area contributed by atoms with Crippen molar-refractivity contribution in [3.8, 4) is 34.5 Å². The number of aromatic hydroxyl groups is 5. The summed E-state index contributed by atoms with van der Waals surface area (Å²) in [4.78, 5) is 0. The molecule has 1 atom stereocenters. The Kier molecular flexibility index (Phi) is 9.67. The van der Waals surface area contributed by atoms with E-state index in [0.717, 1.165) is 97.5 Å². The molecule has 6 nitrogen and oxygen atoms in total. The van der Waals surface area contributed by atoms with E-state index in [1.54, 1.807) is 24.3 Å². The van der Waals surface area contributed by atoms with E-state index in [0.29, 0.717) is 31.8 Å². The first-order valence-electron chi connectivity index (χ1n) is 18.9. The van der Waals surface area contributed by atoms with Crippen LogP contribution in [0.5, 0.6) is 34.5 Å². The molecule has 0 spiro atoms. The SMILES string of the molecule is CCCC1COc2ccc3c(Cc4cc(Cc5cc(C)c(O)c(CC(CC)(CC)c6c(O)ccc7cc(O)ccc67)c5)cc(C)c4O)c(O)ccc3c21. The first-order valence-corrected chi connectivity index (χ1v) is 18.9. The van der Waals surface area contributed by atoms with Gasteiger partial charge in [-0.05, 0) is 131 Å². The molecule has 1 aliphatic rings. The number of aryl methyl sites for hydroxylation is 2. The Balaban J connectivity index is 1.24. The van der Waals surface area contributed by atoms with Crippen LogP contribution in [0.15, 0.2) is 78.9 Å². The molecule has 0 radical (unpaired) electrons. The monoisotopic (exact) mass is 710 g/mol. The van der Waals surface area contributed by atoms with Gasteiger partial charge in [-0.25, -0.2) is 0 Å². The van der Waals surface area contributed by atoms with Gasteiger partial charge in [0.15, 0.2) is 0 Å². The molecule has 5 N–H and O–H groups in total. The smallest absolute Gasteiger partial charge is 0.123 e. The molecule has 274 valence electrons. The summed E-state index contributed by atoms with van der Waals surface area (Å²) in [6.07, 6.45) is 5.03. The number of hydrogen-bond acceptors (Lipinski definition) is 6. The number of phenols is 5. The van der Waals surface area contributed by atoms with Crippen LogP contribution in [-0.2, 0) is 24.7 Å². The molecular formula is C47H50O6. The van der Waals surface area contributed by atoms with Crippen molar-refractivity contribution in [3.05, 3.63) is 129 Å². The summed E-state index contributed by atoms with van der Waals surface area (Å²) in [5.74, 6) is 2.30. The van der Waals surface area contributed by atoms with Crippen LogP contribution in [0.2, 0.25) is 0 Å². The number of ether oxygens (including phenoxy) is 1. The Morgan fingerprint density at radius 2 is 1.30 bits per heavy atom. The van der Waals surface area contributed by atoms with E-state index in [1.165, 1.54) is 5.56 Å². The third-order valence-corrected chi connectivity index (χ3v) is 11.8. The zero-order chi connectivity index (χ0) is 37.6. The summed E-state index contributed by atoms with van der Waals surface area (Å²) in [5, 5.41) is 59.2. The van der Waals surface area contributed by atoms with Gasteiger partial charge in [-0.15, -0.1) is 0 Å². The number of benzene rings is 6. The molecule has 6 aromatic rings. The molecule has 1 aliphatic heterocycles. The van der Waals surface area contributed by atoms with Gasteiger partial charge in [0.05, 0.1) is 6.61 Å². The minimum absolute atomic E-state index is 0.175. The van der Waals surface area contributed by atoms with Crippen molar-refractivity contribution in [3.63, 3.8) is 0 Å². The molecule has 7 rings (SSSR count). The fraction of sp³-hybridized carbons (Fsp3) is 0.319. The van der Waals surface area contributed by atoms with E-state index in [4.69, 9.17) is 4.74 Å². The average molecular weight is 711 g/mol.